The Bertz CT molecular complexity index is 650. The van der Waals surface area contributed by atoms with Gasteiger partial charge in [-0.25, -0.2) is 0 Å². The molecule has 23 heavy (non-hydrogen) atoms. The summed E-state index contributed by atoms with van der Waals surface area (Å²) in [6.45, 7) is 1.86. The van der Waals surface area contributed by atoms with Gasteiger partial charge in [-0.15, -0.1) is 10.2 Å². The summed E-state index contributed by atoms with van der Waals surface area (Å²) in [4.78, 5) is 14.2. The van der Waals surface area contributed by atoms with Gasteiger partial charge < -0.3 is 15.4 Å². The highest BCUT2D eigenvalue weighted by Crippen LogP contribution is 2.24. The zero-order chi connectivity index (χ0) is 16.1. The topological polar surface area (TPSA) is 81.3 Å². The number of aromatic nitrogens is 2. The average Bonchev–Trinajstić information content (AvgIpc) is 2.99. The maximum atomic E-state index is 12.4. The maximum Gasteiger partial charge on any atom is 0.233 e. The Morgan fingerprint density at radius 1 is 1.39 bits per heavy atom. The van der Waals surface area contributed by atoms with E-state index in [1.807, 2.05) is 23.1 Å². The smallest absolute Gasteiger partial charge is 0.233 e. The molecule has 1 aromatic carbocycles. The first-order valence-electron chi connectivity index (χ1n) is 7.36. The second kappa shape index (κ2) is 7.76. The number of hydrogen-bond donors (Lipinski definition) is 1. The average molecular weight is 350 g/mol. The number of nitrogens with two attached hydrogens (primary N) is 1. The van der Waals surface area contributed by atoms with Gasteiger partial charge in [0.1, 0.15) is 0 Å². The van der Waals surface area contributed by atoms with Crippen molar-refractivity contribution in [3.8, 4) is 0 Å². The number of nitrogen functional groups attached to an aromatic ring is 1. The van der Waals surface area contributed by atoms with Crippen molar-refractivity contribution in [1.29, 1.82) is 0 Å². The van der Waals surface area contributed by atoms with E-state index in [9.17, 15) is 4.79 Å². The third kappa shape index (κ3) is 4.66. The fourth-order valence-corrected chi connectivity index (χ4v) is 3.98. The van der Waals surface area contributed by atoms with Gasteiger partial charge in [-0.3, -0.25) is 4.79 Å². The normalized spacial score (nSPS) is 18.1. The Balaban J connectivity index is 1.50. The zero-order valence-corrected chi connectivity index (χ0v) is 14.2. The monoisotopic (exact) mass is 350 g/mol. The molecule has 2 aromatic rings. The Morgan fingerprint density at radius 2 is 2.22 bits per heavy atom. The van der Waals surface area contributed by atoms with Gasteiger partial charge in [-0.1, -0.05) is 53.4 Å². The van der Waals surface area contributed by atoms with E-state index in [4.69, 9.17) is 10.5 Å². The van der Waals surface area contributed by atoms with Gasteiger partial charge in [0.15, 0.2) is 4.34 Å². The number of nitrogens with zero attached hydrogens (tertiary/aromatic N) is 3. The molecule has 8 heteroatoms. The van der Waals surface area contributed by atoms with Crippen molar-refractivity contribution in [2.24, 2.45) is 0 Å². The van der Waals surface area contributed by atoms with Crippen LogP contribution >= 0.6 is 23.1 Å². The Hall–Kier alpha value is -1.64. The van der Waals surface area contributed by atoms with Crippen LogP contribution in [0.4, 0.5) is 5.13 Å². The van der Waals surface area contributed by atoms with Crippen molar-refractivity contribution in [2.75, 3.05) is 31.2 Å². The van der Waals surface area contributed by atoms with E-state index >= 15 is 0 Å². The molecule has 0 radical (unpaired) electrons. The van der Waals surface area contributed by atoms with Crippen molar-refractivity contribution in [1.82, 2.24) is 15.1 Å². The van der Waals surface area contributed by atoms with Crippen LogP contribution in [0.2, 0.25) is 0 Å². The lowest BCUT2D eigenvalue weighted by Gasteiger charge is -2.33. The molecule has 1 aliphatic heterocycles. The van der Waals surface area contributed by atoms with E-state index in [0.29, 0.717) is 30.6 Å². The van der Waals surface area contributed by atoms with E-state index in [0.717, 1.165) is 10.8 Å². The van der Waals surface area contributed by atoms with Gasteiger partial charge in [-0.05, 0) is 5.56 Å². The first kappa shape index (κ1) is 16.2. The number of ether oxygens (including phenoxy) is 1. The minimum atomic E-state index is 0.0530. The molecule has 1 amide bonds. The van der Waals surface area contributed by atoms with Crippen LogP contribution in [-0.2, 0) is 16.0 Å². The number of anilines is 1. The molecule has 0 bridgehead atoms. The molecule has 0 saturated carbocycles. The third-order valence-electron chi connectivity index (χ3n) is 3.54. The van der Waals surface area contributed by atoms with Gasteiger partial charge in [0.05, 0.1) is 18.5 Å². The van der Waals surface area contributed by atoms with E-state index in [2.05, 4.69) is 22.3 Å². The van der Waals surface area contributed by atoms with Gasteiger partial charge in [0, 0.05) is 19.5 Å². The largest absolute Gasteiger partial charge is 0.374 e. The van der Waals surface area contributed by atoms with Crippen LogP contribution in [0.15, 0.2) is 34.7 Å². The molecule has 1 saturated heterocycles. The van der Waals surface area contributed by atoms with Gasteiger partial charge >= 0.3 is 0 Å². The molecule has 3 rings (SSSR count). The summed E-state index contributed by atoms with van der Waals surface area (Å²) in [5.74, 6) is 0.456. The number of thioether (sulfide) groups is 1. The molecule has 1 aromatic heterocycles. The minimum absolute atomic E-state index is 0.0530. The molecule has 6 nitrogen and oxygen atoms in total. The fourth-order valence-electron chi connectivity index (χ4n) is 2.44. The van der Waals surface area contributed by atoms with E-state index in [-0.39, 0.29) is 12.0 Å². The lowest BCUT2D eigenvalue weighted by molar-refractivity contribution is -0.135. The van der Waals surface area contributed by atoms with Crippen LogP contribution in [-0.4, -0.2) is 52.6 Å². The number of carbonyl (C=O) groups excluding carboxylic acids is 1. The SMILES string of the molecule is Nc1nnc(SCC(=O)N2CCO[C@H](Cc3ccccc3)C2)s1. The molecule has 0 unspecified atom stereocenters. The molecule has 0 aliphatic carbocycles. The first-order chi connectivity index (χ1) is 11.2. The molecule has 1 aliphatic rings. The van der Waals surface area contributed by atoms with Gasteiger partial charge in [0.2, 0.25) is 11.0 Å². The lowest BCUT2D eigenvalue weighted by Crippen LogP contribution is -2.47. The highest BCUT2D eigenvalue weighted by Gasteiger charge is 2.24. The van der Waals surface area contributed by atoms with Crippen molar-refractivity contribution >= 4 is 34.1 Å². The maximum absolute atomic E-state index is 12.4. The van der Waals surface area contributed by atoms with Gasteiger partial charge in [0.25, 0.3) is 0 Å². The van der Waals surface area contributed by atoms with Crippen molar-refractivity contribution in [3.05, 3.63) is 35.9 Å². The Morgan fingerprint density at radius 3 is 2.96 bits per heavy atom. The van der Waals surface area contributed by atoms with Crippen LogP contribution in [0.25, 0.3) is 0 Å². The number of morpholine rings is 1. The lowest BCUT2D eigenvalue weighted by atomic mass is 10.1. The predicted molar refractivity (Wildman–Crippen MR) is 91.5 cm³/mol. The summed E-state index contributed by atoms with van der Waals surface area (Å²) >= 11 is 2.68. The summed E-state index contributed by atoms with van der Waals surface area (Å²) in [6, 6.07) is 10.2. The fraction of sp³-hybridized carbons (Fsp3) is 0.400. The second-order valence-corrected chi connectivity index (χ2v) is 7.45. The molecule has 0 spiro atoms. The summed E-state index contributed by atoms with van der Waals surface area (Å²) in [5.41, 5.74) is 6.77. The number of rotatable bonds is 5. The molecule has 1 fully saturated rings. The van der Waals surface area contributed by atoms with Crippen LogP contribution < -0.4 is 5.73 Å². The number of carbonyl (C=O) groups is 1. The number of amides is 1. The summed E-state index contributed by atoms with van der Waals surface area (Å²) in [6.07, 6.45) is 0.877. The predicted octanol–water partition coefficient (Wildman–Crippen LogP) is 1.68. The molecule has 122 valence electrons. The highest BCUT2D eigenvalue weighted by atomic mass is 32.2. The van der Waals surface area contributed by atoms with E-state index in [1.165, 1.54) is 28.7 Å². The summed E-state index contributed by atoms with van der Waals surface area (Å²) in [7, 11) is 0. The molecule has 1 atom stereocenters. The van der Waals surface area contributed by atoms with Gasteiger partial charge in [-0.2, -0.15) is 0 Å². The van der Waals surface area contributed by atoms with Crippen molar-refractivity contribution < 1.29 is 9.53 Å². The van der Waals surface area contributed by atoms with Crippen molar-refractivity contribution in [3.63, 3.8) is 0 Å². The van der Waals surface area contributed by atoms with E-state index < -0.39 is 0 Å². The quantitative estimate of drug-likeness (QED) is 0.827. The minimum Gasteiger partial charge on any atom is -0.374 e. The first-order valence-corrected chi connectivity index (χ1v) is 9.16. The number of hydrogen-bond acceptors (Lipinski definition) is 7. The number of benzene rings is 1. The molecule has 2 N–H and O–H groups in total. The van der Waals surface area contributed by atoms with Crippen molar-refractivity contribution in [2.45, 2.75) is 16.9 Å². The highest BCUT2D eigenvalue weighted by molar-refractivity contribution is 8.01. The second-order valence-electron chi connectivity index (χ2n) is 5.22. The van der Waals surface area contributed by atoms with Crippen LogP contribution in [0.3, 0.4) is 0 Å². The van der Waals surface area contributed by atoms with E-state index in [1.54, 1.807) is 0 Å². The molecular formula is C15H18N4O2S2. The van der Waals surface area contributed by atoms with Crippen LogP contribution in [0.5, 0.6) is 0 Å². The van der Waals surface area contributed by atoms with Crippen LogP contribution in [0.1, 0.15) is 5.56 Å². The standard InChI is InChI=1S/C15H18N4O2S2/c16-14-17-18-15(23-14)22-10-13(20)19-6-7-21-12(9-19)8-11-4-2-1-3-5-11/h1-5,12H,6-10H2,(H2,16,17)/t12-/m1/s1. The van der Waals surface area contributed by atoms with Crippen LogP contribution in [0, 0.1) is 0 Å². The zero-order valence-electron chi connectivity index (χ0n) is 12.6. The molecule has 2 heterocycles. The summed E-state index contributed by atoms with van der Waals surface area (Å²) in [5, 5.41) is 8.09. The third-order valence-corrected chi connectivity index (χ3v) is 5.41. The Labute approximate surface area is 143 Å². The Kier molecular flexibility index (Phi) is 5.47. The summed E-state index contributed by atoms with van der Waals surface area (Å²) < 4.78 is 6.52. The molecular weight excluding hydrogens is 332 g/mol.